The van der Waals surface area contributed by atoms with Crippen molar-refractivity contribution in [3.05, 3.63) is 12.2 Å². The van der Waals surface area contributed by atoms with Crippen LogP contribution in [0.2, 0.25) is 6.04 Å². The fourth-order valence-corrected chi connectivity index (χ4v) is 7.19. The lowest BCUT2D eigenvalue weighted by Gasteiger charge is -2.48. The Morgan fingerprint density at radius 3 is 2.40 bits per heavy atom. The molecule has 1 heterocycles. The zero-order valence-corrected chi connectivity index (χ0v) is 14.3. The molecule has 4 nitrogen and oxygen atoms in total. The fourth-order valence-electron chi connectivity index (χ4n) is 3.27. The molecule has 5 heteroatoms. The molecular weight excluding hydrogens is 272 g/mol. The van der Waals surface area contributed by atoms with Gasteiger partial charge in [-0.05, 0) is 37.8 Å². The number of hydrogen-bond donors (Lipinski definition) is 0. The molecule has 116 valence electrons. The number of carbonyl (C=O) groups excluding carboxylic acids is 1. The van der Waals surface area contributed by atoms with E-state index in [1.54, 1.807) is 28.3 Å². The maximum absolute atomic E-state index is 11.7. The minimum absolute atomic E-state index is 0.133. The van der Waals surface area contributed by atoms with E-state index in [1.165, 1.54) is 0 Å². The quantitative estimate of drug-likeness (QED) is 0.510. The summed E-state index contributed by atoms with van der Waals surface area (Å²) >= 11 is 0. The summed E-state index contributed by atoms with van der Waals surface area (Å²) in [5.41, 5.74) is 0.627. The van der Waals surface area contributed by atoms with Gasteiger partial charge in [0.2, 0.25) is 0 Å². The normalized spacial score (nSPS) is 25.4. The molecule has 0 spiro atoms. The largest absolute Gasteiger partial charge is 0.396 e. The van der Waals surface area contributed by atoms with Crippen molar-refractivity contribution in [2.75, 3.05) is 21.3 Å². The highest BCUT2D eigenvalue weighted by molar-refractivity contribution is 6.70. The lowest BCUT2D eigenvalue weighted by molar-refractivity contribution is -0.115. The van der Waals surface area contributed by atoms with Gasteiger partial charge in [-0.3, -0.25) is 4.79 Å². The second kappa shape index (κ2) is 7.50. The summed E-state index contributed by atoms with van der Waals surface area (Å²) in [6, 6.07) is 0.961. The van der Waals surface area contributed by atoms with Crippen LogP contribution in [0.4, 0.5) is 0 Å². The lowest BCUT2D eigenvalue weighted by Crippen LogP contribution is -2.64. The Labute approximate surface area is 123 Å². The number of rotatable bonds is 8. The first-order valence-electron chi connectivity index (χ1n) is 7.31. The van der Waals surface area contributed by atoms with Gasteiger partial charge in [0.25, 0.3) is 0 Å². The first-order chi connectivity index (χ1) is 9.47. The van der Waals surface area contributed by atoms with Gasteiger partial charge in [-0.25, -0.2) is 0 Å². The van der Waals surface area contributed by atoms with Crippen LogP contribution in [-0.4, -0.2) is 40.9 Å². The van der Waals surface area contributed by atoms with Crippen LogP contribution >= 0.6 is 0 Å². The Morgan fingerprint density at radius 2 is 1.90 bits per heavy atom. The Morgan fingerprint density at radius 1 is 1.25 bits per heavy atom. The second-order valence-corrected chi connectivity index (χ2v) is 9.36. The highest BCUT2D eigenvalue weighted by Gasteiger charge is 2.58. The molecule has 20 heavy (non-hydrogen) atoms. The van der Waals surface area contributed by atoms with Crippen LogP contribution in [0.25, 0.3) is 0 Å². The van der Waals surface area contributed by atoms with Crippen molar-refractivity contribution in [1.29, 1.82) is 0 Å². The first kappa shape index (κ1) is 17.6. The molecule has 1 aliphatic rings. The molecule has 1 aliphatic heterocycles. The standard InChI is InChI=1S/C15H28O4Si/c1-13(2)14(16)9-8-11-15(17-3)10-6-7-12-20(15,18-4)19-5/h1,6-12H2,2-5H3. The van der Waals surface area contributed by atoms with Crippen LogP contribution in [0, 0.1) is 0 Å². The van der Waals surface area contributed by atoms with Crippen molar-refractivity contribution in [3.63, 3.8) is 0 Å². The van der Waals surface area contributed by atoms with Crippen molar-refractivity contribution in [2.24, 2.45) is 0 Å². The molecule has 0 aliphatic carbocycles. The smallest absolute Gasteiger partial charge is 0.370 e. The summed E-state index contributed by atoms with van der Waals surface area (Å²) in [4.78, 5) is 11.7. The topological polar surface area (TPSA) is 44.8 Å². The Bertz CT molecular complexity index is 352. The molecule has 0 amide bonds. The number of methoxy groups -OCH3 is 1. The summed E-state index contributed by atoms with van der Waals surface area (Å²) in [5.74, 6) is 0.133. The molecule has 0 aromatic heterocycles. The van der Waals surface area contributed by atoms with Crippen LogP contribution < -0.4 is 0 Å². The van der Waals surface area contributed by atoms with Gasteiger partial charge in [0, 0.05) is 27.8 Å². The van der Waals surface area contributed by atoms with Crippen molar-refractivity contribution in [2.45, 2.75) is 56.7 Å². The number of hydrogen-bond acceptors (Lipinski definition) is 4. The second-order valence-electron chi connectivity index (χ2n) is 5.62. The number of carbonyl (C=O) groups is 1. The zero-order valence-electron chi connectivity index (χ0n) is 13.3. The summed E-state index contributed by atoms with van der Waals surface area (Å²) < 4.78 is 17.6. The maximum atomic E-state index is 11.7. The minimum Gasteiger partial charge on any atom is -0.396 e. The Hall–Kier alpha value is -0.493. The van der Waals surface area contributed by atoms with E-state index in [4.69, 9.17) is 13.6 Å². The molecule has 1 saturated heterocycles. The zero-order chi connectivity index (χ0) is 15.2. The third-order valence-electron chi connectivity index (χ3n) is 4.54. The van der Waals surface area contributed by atoms with Crippen molar-refractivity contribution in [3.8, 4) is 0 Å². The van der Waals surface area contributed by atoms with Gasteiger partial charge in [0.1, 0.15) is 5.22 Å². The van der Waals surface area contributed by atoms with Crippen molar-refractivity contribution in [1.82, 2.24) is 0 Å². The first-order valence-corrected chi connectivity index (χ1v) is 9.33. The van der Waals surface area contributed by atoms with E-state index in [0.717, 1.165) is 38.1 Å². The van der Waals surface area contributed by atoms with E-state index in [1.807, 2.05) is 0 Å². The van der Waals surface area contributed by atoms with E-state index >= 15 is 0 Å². The summed E-state index contributed by atoms with van der Waals surface area (Å²) in [6.07, 6.45) is 5.35. The molecule has 1 atom stereocenters. The van der Waals surface area contributed by atoms with Gasteiger partial charge in [0.15, 0.2) is 5.78 Å². The highest BCUT2D eigenvalue weighted by atomic mass is 28.4. The monoisotopic (exact) mass is 300 g/mol. The van der Waals surface area contributed by atoms with Gasteiger partial charge in [-0.2, -0.15) is 0 Å². The molecule has 0 bridgehead atoms. The molecule has 0 N–H and O–H groups in total. The van der Waals surface area contributed by atoms with Crippen LogP contribution in [0.15, 0.2) is 12.2 Å². The Balaban J connectivity index is 2.77. The van der Waals surface area contributed by atoms with E-state index in [2.05, 4.69) is 6.58 Å². The molecule has 1 unspecified atom stereocenters. The SMILES string of the molecule is C=C(C)C(=O)CCCC1(OC)CCCC[Si]1(OC)OC. The summed E-state index contributed by atoms with van der Waals surface area (Å²) in [7, 11) is 2.84. The minimum atomic E-state index is -2.37. The number of ketones is 1. The Kier molecular flexibility index (Phi) is 6.58. The van der Waals surface area contributed by atoms with Crippen LogP contribution in [-0.2, 0) is 18.4 Å². The number of Topliss-reactive ketones (excluding diaryl/α,β-unsaturated/α-hetero) is 1. The average Bonchev–Trinajstić information content (AvgIpc) is 2.47. The van der Waals surface area contributed by atoms with Gasteiger partial charge >= 0.3 is 8.56 Å². The molecule has 1 rings (SSSR count). The van der Waals surface area contributed by atoms with Crippen molar-refractivity contribution >= 4 is 14.3 Å². The highest BCUT2D eigenvalue weighted by Crippen LogP contribution is 2.43. The molecular formula is C15H28O4Si. The summed E-state index contributed by atoms with van der Waals surface area (Å²) in [5, 5.41) is -0.329. The molecule has 0 radical (unpaired) electrons. The van der Waals surface area contributed by atoms with E-state index in [-0.39, 0.29) is 11.0 Å². The third kappa shape index (κ3) is 3.39. The molecule has 1 fully saturated rings. The number of ether oxygens (including phenoxy) is 1. The summed E-state index contributed by atoms with van der Waals surface area (Å²) in [6.45, 7) is 5.46. The molecule has 0 aromatic rings. The van der Waals surface area contributed by atoms with Gasteiger partial charge in [0.05, 0.1) is 0 Å². The van der Waals surface area contributed by atoms with Gasteiger partial charge in [-0.1, -0.05) is 19.4 Å². The lowest BCUT2D eigenvalue weighted by atomic mass is 10.0. The van der Waals surface area contributed by atoms with Crippen LogP contribution in [0.5, 0.6) is 0 Å². The van der Waals surface area contributed by atoms with E-state index in [0.29, 0.717) is 12.0 Å². The predicted octanol–water partition coefficient (Wildman–Crippen LogP) is 3.15. The van der Waals surface area contributed by atoms with E-state index in [9.17, 15) is 4.79 Å². The molecule has 0 aromatic carbocycles. The van der Waals surface area contributed by atoms with Crippen molar-refractivity contribution < 1.29 is 18.4 Å². The van der Waals surface area contributed by atoms with Crippen LogP contribution in [0.3, 0.4) is 0 Å². The number of allylic oxidation sites excluding steroid dienone is 1. The van der Waals surface area contributed by atoms with Gasteiger partial charge < -0.3 is 13.6 Å². The predicted molar refractivity (Wildman–Crippen MR) is 81.8 cm³/mol. The third-order valence-corrected chi connectivity index (χ3v) is 8.96. The van der Waals surface area contributed by atoms with Crippen LogP contribution in [0.1, 0.15) is 45.4 Å². The van der Waals surface area contributed by atoms with Gasteiger partial charge in [-0.15, -0.1) is 0 Å². The van der Waals surface area contributed by atoms with E-state index < -0.39 is 8.56 Å². The average molecular weight is 300 g/mol. The molecule has 0 saturated carbocycles. The maximum Gasteiger partial charge on any atom is 0.370 e. The fraction of sp³-hybridized carbons (Fsp3) is 0.800.